The Kier molecular flexibility index (Phi) is 6.67. The maximum absolute atomic E-state index is 9.99. The zero-order chi connectivity index (χ0) is 14.3. The third-order valence-electron chi connectivity index (χ3n) is 3.52. The fourth-order valence-electron chi connectivity index (χ4n) is 2.21. The first kappa shape index (κ1) is 15.8. The van der Waals surface area contributed by atoms with Crippen LogP contribution in [-0.2, 0) is 6.54 Å². The standard InChI is InChI=1S/C15H25NO3/c1-4-12(5-2)14(18)10-16-9-11-6-7-15(19-3)13(17)8-11/h6-8,12,14,16-18H,4-5,9-10H2,1-3H3. The number of hydrogen-bond donors (Lipinski definition) is 3. The van der Waals surface area contributed by atoms with Crippen LogP contribution in [0.25, 0.3) is 0 Å². The molecular formula is C15H25NO3. The number of phenols is 1. The number of aromatic hydroxyl groups is 1. The van der Waals surface area contributed by atoms with E-state index >= 15 is 0 Å². The van der Waals surface area contributed by atoms with Crippen LogP contribution in [0.1, 0.15) is 32.3 Å². The van der Waals surface area contributed by atoms with Gasteiger partial charge in [0, 0.05) is 13.1 Å². The molecule has 1 aromatic carbocycles. The normalized spacial score (nSPS) is 12.7. The summed E-state index contributed by atoms with van der Waals surface area (Å²) in [7, 11) is 1.53. The lowest BCUT2D eigenvalue weighted by Crippen LogP contribution is -2.32. The average Bonchev–Trinajstić information content (AvgIpc) is 2.40. The van der Waals surface area contributed by atoms with E-state index in [1.165, 1.54) is 7.11 Å². The van der Waals surface area contributed by atoms with E-state index < -0.39 is 0 Å². The molecule has 1 aromatic rings. The summed E-state index contributed by atoms with van der Waals surface area (Å²) in [4.78, 5) is 0. The van der Waals surface area contributed by atoms with Gasteiger partial charge in [-0.1, -0.05) is 32.8 Å². The predicted molar refractivity (Wildman–Crippen MR) is 76.4 cm³/mol. The maximum atomic E-state index is 9.99. The number of rotatable bonds is 8. The van der Waals surface area contributed by atoms with Gasteiger partial charge in [-0.15, -0.1) is 0 Å². The molecule has 4 heteroatoms. The number of aliphatic hydroxyl groups excluding tert-OH is 1. The molecule has 1 unspecified atom stereocenters. The van der Waals surface area contributed by atoms with E-state index in [0.717, 1.165) is 18.4 Å². The van der Waals surface area contributed by atoms with Crippen molar-refractivity contribution < 1.29 is 14.9 Å². The van der Waals surface area contributed by atoms with Gasteiger partial charge in [-0.05, 0) is 23.6 Å². The smallest absolute Gasteiger partial charge is 0.160 e. The van der Waals surface area contributed by atoms with Crippen LogP contribution in [0, 0.1) is 5.92 Å². The second kappa shape index (κ2) is 8.02. The van der Waals surface area contributed by atoms with Crippen molar-refractivity contribution in [2.24, 2.45) is 5.92 Å². The number of aliphatic hydroxyl groups is 1. The molecule has 0 aliphatic rings. The minimum Gasteiger partial charge on any atom is -0.504 e. The molecule has 108 valence electrons. The van der Waals surface area contributed by atoms with E-state index in [-0.39, 0.29) is 11.9 Å². The highest BCUT2D eigenvalue weighted by molar-refractivity contribution is 5.41. The van der Waals surface area contributed by atoms with Gasteiger partial charge < -0.3 is 20.3 Å². The predicted octanol–water partition coefficient (Wildman–Crippen LogP) is 2.29. The van der Waals surface area contributed by atoms with Crippen molar-refractivity contribution in [3.05, 3.63) is 23.8 Å². The average molecular weight is 267 g/mol. The molecule has 0 aliphatic heterocycles. The molecule has 0 saturated carbocycles. The number of nitrogens with one attached hydrogen (secondary N) is 1. The topological polar surface area (TPSA) is 61.7 Å². The lowest BCUT2D eigenvalue weighted by atomic mass is 9.96. The summed E-state index contributed by atoms with van der Waals surface area (Å²) in [5.41, 5.74) is 0.968. The zero-order valence-corrected chi connectivity index (χ0v) is 12.0. The first-order valence-electron chi connectivity index (χ1n) is 6.87. The Bertz CT molecular complexity index is 378. The molecule has 0 aromatic heterocycles. The Morgan fingerprint density at radius 1 is 1.26 bits per heavy atom. The van der Waals surface area contributed by atoms with Gasteiger partial charge in [0.25, 0.3) is 0 Å². The number of hydrogen-bond acceptors (Lipinski definition) is 4. The summed E-state index contributed by atoms with van der Waals surface area (Å²) in [5, 5.41) is 22.9. The van der Waals surface area contributed by atoms with Gasteiger partial charge in [0.15, 0.2) is 11.5 Å². The van der Waals surface area contributed by atoms with Crippen molar-refractivity contribution in [3.8, 4) is 11.5 Å². The minimum atomic E-state index is -0.318. The van der Waals surface area contributed by atoms with Crippen molar-refractivity contribution in [2.75, 3.05) is 13.7 Å². The Balaban J connectivity index is 2.43. The van der Waals surface area contributed by atoms with E-state index in [2.05, 4.69) is 19.2 Å². The lowest BCUT2D eigenvalue weighted by molar-refractivity contribution is 0.101. The SMILES string of the molecule is CCC(CC)C(O)CNCc1ccc(OC)c(O)c1. The van der Waals surface area contributed by atoms with E-state index in [1.807, 2.05) is 6.07 Å². The molecule has 1 rings (SSSR count). The highest BCUT2D eigenvalue weighted by Gasteiger charge is 2.14. The van der Waals surface area contributed by atoms with Crippen LogP contribution in [0.4, 0.5) is 0 Å². The lowest BCUT2D eigenvalue weighted by Gasteiger charge is -2.20. The van der Waals surface area contributed by atoms with Crippen LogP contribution < -0.4 is 10.1 Å². The largest absolute Gasteiger partial charge is 0.504 e. The summed E-state index contributed by atoms with van der Waals surface area (Å²) < 4.78 is 4.99. The number of methoxy groups -OCH3 is 1. The third kappa shape index (κ3) is 4.73. The fraction of sp³-hybridized carbons (Fsp3) is 0.600. The van der Waals surface area contributed by atoms with Crippen molar-refractivity contribution in [3.63, 3.8) is 0 Å². The van der Waals surface area contributed by atoms with Crippen LogP contribution in [0.15, 0.2) is 18.2 Å². The Labute approximate surface area is 115 Å². The molecule has 0 saturated heterocycles. The van der Waals surface area contributed by atoms with Gasteiger partial charge in [0.05, 0.1) is 13.2 Å². The third-order valence-corrected chi connectivity index (χ3v) is 3.52. The molecule has 0 radical (unpaired) electrons. The molecule has 19 heavy (non-hydrogen) atoms. The molecule has 0 spiro atoms. The van der Waals surface area contributed by atoms with Crippen LogP contribution in [-0.4, -0.2) is 30.0 Å². The molecule has 0 fully saturated rings. The van der Waals surface area contributed by atoms with Gasteiger partial charge in [0.2, 0.25) is 0 Å². The Morgan fingerprint density at radius 3 is 2.47 bits per heavy atom. The fourth-order valence-corrected chi connectivity index (χ4v) is 2.21. The van der Waals surface area contributed by atoms with E-state index in [9.17, 15) is 10.2 Å². The monoisotopic (exact) mass is 267 g/mol. The van der Waals surface area contributed by atoms with E-state index in [4.69, 9.17) is 4.74 Å². The second-order valence-electron chi connectivity index (χ2n) is 4.78. The number of benzene rings is 1. The Hall–Kier alpha value is -1.26. The van der Waals surface area contributed by atoms with Gasteiger partial charge >= 0.3 is 0 Å². The minimum absolute atomic E-state index is 0.141. The summed E-state index contributed by atoms with van der Waals surface area (Å²) in [6, 6.07) is 5.31. The van der Waals surface area contributed by atoms with E-state index in [0.29, 0.717) is 24.8 Å². The molecule has 0 heterocycles. The molecule has 4 nitrogen and oxygen atoms in total. The van der Waals surface area contributed by atoms with Crippen molar-refractivity contribution in [1.29, 1.82) is 0 Å². The van der Waals surface area contributed by atoms with Gasteiger partial charge in [-0.3, -0.25) is 0 Å². The summed E-state index contributed by atoms with van der Waals surface area (Å²) in [6.45, 7) is 5.38. The summed E-state index contributed by atoms with van der Waals surface area (Å²) in [6.07, 6.45) is 1.66. The molecular weight excluding hydrogens is 242 g/mol. The number of ether oxygens (including phenoxy) is 1. The molecule has 3 N–H and O–H groups in total. The Morgan fingerprint density at radius 2 is 1.95 bits per heavy atom. The van der Waals surface area contributed by atoms with Crippen LogP contribution in [0.2, 0.25) is 0 Å². The first-order valence-corrected chi connectivity index (χ1v) is 6.87. The summed E-state index contributed by atoms with van der Waals surface area (Å²) >= 11 is 0. The quantitative estimate of drug-likeness (QED) is 0.676. The van der Waals surface area contributed by atoms with Gasteiger partial charge in [0.1, 0.15) is 0 Å². The maximum Gasteiger partial charge on any atom is 0.160 e. The molecule has 0 bridgehead atoms. The summed E-state index contributed by atoms with van der Waals surface area (Å²) in [5.74, 6) is 0.958. The molecule has 0 amide bonds. The van der Waals surface area contributed by atoms with Crippen molar-refractivity contribution in [2.45, 2.75) is 39.3 Å². The highest BCUT2D eigenvalue weighted by atomic mass is 16.5. The van der Waals surface area contributed by atoms with Crippen molar-refractivity contribution >= 4 is 0 Å². The zero-order valence-electron chi connectivity index (χ0n) is 12.0. The van der Waals surface area contributed by atoms with Crippen LogP contribution >= 0.6 is 0 Å². The highest BCUT2D eigenvalue weighted by Crippen LogP contribution is 2.26. The van der Waals surface area contributed by atoms with Crippen LogP contribution in [0.3, 0.4) is 0 Å². The van der Waals surface area contributed by atoms with Crippen LogP contribution in [0.5, 0.6) is 11.5 Å². The molecule has 1 atom stereocenters. The number of phenolic OH excluding ortho intramolecular Hbond substituents is 1. The van der Waals surface area contributed by atoms with E-state index in [1.54, 1.807) is 12.1 Å². The second-order valence-corrected chi connectivity index (χ2v) is 4.78. The first-order chi connectivity index (χ1) is 9.12. The van der Waals surface area contributed by atoms with Crippen molar-refractivity contribution in [1.82, 2.24) is 5.32 Å². The van der Waals surface area contributed by atoms with Gasteiger partial charge in [-0.2, -0.15) is 0 Å². The van der Waals surface area contributed by atoms with Gasteiger partial charge in [-0.25, -0.2) is 0 Å². The molecule has 0 aliphatic carbocycles.